The number of rotatable bonds is 4. The Hall–Kier alpha value is -1.26. The van der Waals surface area contributed by atoms with Crippen LogP contribution >= 0.6 is 23.2 Å². The van der Waals surface area contributed by atoms with Crippen LogP contribution in [-0.2, 0) is 4.79 Å². The lowest BCUT2D eigenvalue weighted by molar-refractivity contribution is -0.143. The number of carboxylic acids is 1. The highest BCUT2D eigenvalue weighted by atomic mass is 35.5. The third-order valence-corrected chi connectivity index (χ3v) is 3.71. The molecule has 0 aliphatic heterocycles. The topological polar surface area (TPSA) is 66.4 Å². The summed E-state index contributed by atoms with van der Waals surface area (Å²) < 4.78 is 0. The predicted molar refractivity (Wildman–Crippen MR) is 68.1 cm³/mol. The van der Waals surface area contributed by atoms with Crippen LogP contribution in [0.3, 0.4) is 0 Å². The minimum atomic E-state index is -0.881. The summed E-state index contributed by atoms with van der Waals surface area (Å²) in [6.07, 6.45) is 1.16. The van der Waals surface area contributed by atoms with Crippen LogP contribution in [0.4, 0.5) is 0 Å². The van der Waals surface area contributed by atoms with Crippen LogP contribution in [0.15, 0.2) is 18.2 Å². The summed E-state index contributed by atoms with van der Waals surface area (Å²) in [6.45, 7) is 0.0999. The van der Waals surface area contributed by atoms with Crippen LogP contribution in [0.1, 0.15) is 23.2 Å². The van der Waals surface area contributed by atoms with E-state index >= 15 is 0 Å². The van der Waals surface area contributed by atoms with E-state index in [1.807, 2.05) is 0 Å². The molecular formula is C12H11Cl2NO3. The van der Waals surface area contributed by atoms with Gasteiger partial charge in [0.2, 0.25) is 0 Å². The average Bonchev–Trinajstić information content (AvgIpc) is 3.07. The summed E-state index contributed by atoms with van der Waals surface area (Å²) in [7, 11) is 0. The van der Waals surface area contributed by atoms with Crippen LogP contribution in [0, 0.1) is 5.41 Å². The molecule has 1 aromatic rings. The van der Waals surface area contributed by atoms with Gasteiger partial charge in [-0.15, -0.1) is 0 Å². The zero-order valence-electron chi connectivity index (χ0n) is 9.37. The lowest BCUT2D eigenvalue weighted by Gasteiger charge is -2.12. The van der Waals surface area contributed by atoms with Crippen LogP contribution in [0.2, 0.25) is 10.0 Å². The first-order chi connectivity index (χ1) is 8.46. The third-order valence-electron chi connectivity index (χ3n) is 3.08. The molecule has 2 N–H and O–H groups in total. The number of hydrogen-bond acceptors (Lipinski definition) is 2. The van der Waals surface area contributed by atoms with Gasteiger partial charge in [0.05, 0.1) is 21.0 Å². The van der Waals surface area contributed by atoms with Gasteiger partial charge in [-0.25, -0.2) is 0 Å². The van der Waals surface area contributed by atoms with Crippen molar-refractivity contribution in [3.8, 4) is 0 Å². The number of benzene rings is 1. The number of carbonyl (C=O) groups is 2. The van der Waals surface area contributed by atoms with E-state index in [1.165, 1.54) is 0 Å². The molecule has 0 heterocycles. The third kappa shape index (κ3) is 2.44. The van der Waals surface area contributed by atoms with E-state index in [-0.39, 0.29) is 22.2 Å². The summed E-state index contributed by atoms with van der Waals surface area (Å²) in [5.41, 5.74) is -0.620. The monoisotopic (exact) mass is 287 g/mol. The van der Waals surface area contributed by atoms with Crippen molar-refractivity contribution in [2.45, 2.75) is 12.8 Å². The van der Waals surface area contributed by atoms with Gasteiger partial charge >= 0.3 is 5.97 Å². The van der Waals surface area contributed by atoms with Gasteiger partial charge in [-0.1, -0.05) is 29.3 Å². The second kappa shape index (κ2) is 4.78. The smallest absolute Gasteiger partial charge is 0.311 e. The largest absolute Gasteiger partial charge is 0.481 e. The normalized spacial score (nSPS) is 16.1. The fraction of sp³-hybridized carbons (Fsp3) is 0.333. The number of aliphatic carboxylic acids is 1. The van der Waals surface area contributed by atoms with E-state index in [0.29, 0.717) is 12.8 Å². The molecule has 2 rings (SSSR count). The van der Waals surface area contributed by atoms with Gasteiger partial charge in [0.1, 0.15) is 0 Å². The Morgan fingerprint density at radius 2 is 1.83 bits per heavy atom. The number of hydrogen-bond donors (Lipinski definition) is 2. The molecule has 0 radical (unpaired) electrons. The van der Waals surface area contributed by atoms with Gasteiger partial charge in [0.15, 0.2) is 0 Å². The summed E-state index contributed by atoms with van der Waals surface area (Å²) in [6, 6.07) is 4.76. The maximum Gasteiger partial charge on any atom is 0.311 e. The maximum atomic E-state index is 11.9. The molecule has 1 aliphatic carbocycles. The Kier molecular flexibility index (Phi) is 3.50. The van der Waals surface area contributed by atoms with Crippen LogP contribution in [0.25, 0.3) is 0 Å². The predicted octanol–water partition coefficient (Wildman–Crippen LogP) is 2.59. The second-order valence-corrected chi connectivity index (χ2v) is 5.18. The van der Waals surface area contributed by atoms with Crippen LogP contribution in [-0.4, -0.2) is 23.5 Å². The molecule has 6 heteroatoms. The molecular weight excluding hydrogens is 277 g/mol. The average molecular weight is 288 g/mol. The van der Waals surface area contributed by atoms with Gasteiger partial charge in [-0.2, -0.15) is 0 Å². The number of carbonyl (C=O) groups excluding carboxylic acids is 1. The maximum absolute atomic E-state index is 11.9. The number of amides is 1. The first kappa shape index (κ1) is 13.2. The molecule has 18 heavy (non-hydrogen) atoms. The Morgan fingerprint density at radius 3 is 2.28 bits per heavy atom. The van der Waals surface area contributed by atoms with E-state index in [2.05, 4.69) is 5.32 Å². The van der Waals surface area contributed by atoms with Gasteiger partial charge in [-0.05, 0) is 25.0 Å². The summed E-state index contributed by atoms with van der Waals surface area (Å²) in [5, 5.41) is 12.1. The second-order valence-electron chi connectivity index (χ2n) is 4.36. The molecule has 1 aromatic carbocycles. The highest BCUT2D eigenvalue weighted by molar-refractivity contribution is 6.39. The number of halogens is 2. The first-order valence-electron chi connectivity index (χ1n) is 5.42. The zero-order chi connectivity index (χ0) is 13.3. The van der Waals surface area contributed by atoms with Crippen molar-refractivity contribution in [1.82, 2.24) is 5.32 Å². The van der Waals surface area contributed by atoms with Gasteiger partial charge < -0.3 is 10.4 Å². The molecule has 1 aliphatic rings. The Labute approximate surface area is 114 Å². The van der Waals surface area contributed by atoms with Crippen LogP contribution in [0.5, 0.6) is 0 Å². The van der Waals surface area contributed by atoms with E-state index in [9.17, 15) is 9.59 Å². The molecule has 1 amide bonds. The summed E-state index contributed by atoms with van der Waals surface area (Å²) in [5.74, 6) is -1.33. The van der Waals surface area contributed by atoms with Gasteiger partial charge in [0.25, 0.3) is 5.91 Å². The minimum absolute atomic E-state index is 0.0999. The molecule has 0 spiro atoms. The molecule has 0 aromatic heterocycles. The zero-order valence-corrected chi connectivity index (χ0v) is 10.9. The summed E-state index contributed by atoms with van der Waals surface area (Å²) >= 11 is 11.8. The quantitative estimate of drug-likeness (QED) is 0.895. The number of carboxylic acid groups (broad SMARTS) is 1. The van der Waals surface area contributed by atoms with Crippen molar-refractivity contribution in [3.05, 3.63) is 33.8 Å². The van der Waals surface area contributed by atoms with Crippen molar-refractivity contribution >= 4 is 35.1 Å². The van der Waals surface area contributed by atoms with Crippen molar-refractivity contribution in [2.75, 3.05) is 6.54 Å². The molecule has 1 saturated carbocycles. The van der Waals surface area contributed by atoms with Crippen LogP contribution < -0.4 is 5.32 Å². The standard InChI is InChI=1S/C12H11Cl2NO3/c13-7-2-1-3-8(14)9(7)10(16)15-6-12(4-5-12)11(17)18/h1-3H,4-6H2,(H,15,16)(H,17,18). The molecule has 0 unspecified atom stereocenters. The summed E-state index contributed by atoms with van der Waals surface area (Å²) in [4.78, 5) is 22.9. The highest BCUT2D eigenvalue weighted by Crippen LogP contribution is 2.45. The van der Waals surface area contributed by atoms with Gasteiger partial charge in [-0.3, -0.25) is 9.59 Å². The Morgan fingerprint density at radius 1 is 1.28 bits per heavy atom. The lowest BCUT2D eigenvalue weighted by Crippen LogP contribution is -2.34. The highest BCUT2D eigenvalue weighted by Gasteiger charge is 2.50. The van der Waals surface area contributed by atoms with E-state index in [0.717, 1.165) is 0 Å². The fourth-order valence-corrected chi connectivity index (χ4v) is 2.24. The lowest BCUT2D eigenvalue weighted by atomic mass is 10.1. The first-order valence-corrected chi connectivity index (χ1v) is 6.17. The number of nitrogens with one attached hydrogen (secondary N) is 1. The van der Waals surface area contributed by atoms with Crippen molar-refractivity contribution in [2.24, 2.45) is 5.41 Å². The van der Waals surface area contributed by atoms with E-state index < -0.39 is 17.3 Å². The molecule has 0 bridgehead atoms. The van der Waals surface area contributed by atoms with E-state index in [1.54, 1.807) is 18.2 Å². The van der Waals surface area contributed by atoms with Gasteiger partial charge in [0, 0.05) is 6.54 Å². The van der Waals surface area contributed by atoms with Crippen molar-refractivity contribution in [1.29, 1.82) is 0 Å². The minimum Gasteiger partial charge on any atom is -0.481 e. The Balaban J connectivity index is 2.07. The molecule has 0 saturated heterocycles. The fourth-order valence-electron chi connectivity index (χ4n) is 1.67. The van der Waals surface area contributed by atoms with E-state index in [4.69, 9.17) is 28.3 Å². The molecule has 1 fully saturated rings. The van der Waals surface area contributed by atoms with Crippen molar-refractivity contribution in [3.63, 3.8) is 0 Å². The molecule has 4 nitrogen and oxygen atoms in total. The molecule has 96 valence electrons. The Bertz CT molecular complexity index is 492. The molecule has 0 atom stereocenters. The SMILES string of the molecule is O=C(NCC1(C(=O)O)CC1)c1c(Cl)cccc1Cl. The van der Waals surface area contributed by atoms with Crippen molar-refractivity contribution < 1.29 is 14.7 Å².